The molecule has 0 aromatic carbocycles. The molecule has 0 bridgehead atoms. The number of nitrogens with zero attached hydrogens (tertiary/aromatic N) is 2. The summed E-state index contributed by atoms with van der Waals surface area (Å²) in [6, 6.07) is 0. The second-order valence-electron chi connectivity index (χ2n) is 5.07. The van der Waals surface area contributed by atoms with Crippen LogP contribution < -0.4 is 11.1 Å². The van der Waals surface area contributed by atoms with Crippen molar-refractivity contribution < 1.29 is 4.74 Å². The highest BCUT2D eigenvalue weighted by molar-refractivity contribution is 5.56. The Morgan fingerprint density at radius 3 is 2.61 bits per heavy atom. The summed E-state index contributed by atoms with van der Waals surface area (Å²) in [7, 11) is 0. The first kappa shape index (κ1) is 14.7. The monoisotopic (exact) mass is 252 g/mol. The number of hydrogen-bond donors (Lipinski definition) is 2. The smallest absolute Gasteiger partial charge is 0.135 e. The first-order valence-corrected chi connectivity index (χ1v) is 6.44. The van der Waals surface area contributed by atoms with Crippen LogP contribution in [0.15, 0.2) is 6.33 Å². The van der Waals surface area contributed by atoms with E-state index in [1.807, 2.05) is 0 Å². The average molecular weight is 252 g/mol. The number of nitrogen functional groups attached to an aromatic ring is 1. The van der Waals surface area contributed by atoms with Crippen LogP contribution in [-0.2, 0) is 4.74 Å². The van der Waals surface area contributed by atoms with Gasteiger partial charge in [-0.1, -0.05) is 27.7 Å². The third-order valence-corrected chi connectivity index (χ3v) is 2.48. The van der Waals surface area contributed by atoms with Crippen molar-refractivity contribution in [3.05, 3.63) is 11.9 Å². The molecule has 1 aromatic heterocycles. The zero-order chi connectivity index (χ0) is 13.5. The normalized spacial score (nSPS) is 11.2. The molecule has 1 rings (SSSR count). The Balaban J connectivity index is 2.49. The fourth-order valence-electron chi connectivity index (χ4n) is 1.68. The first-order valence-electron chi connectivity index (χ1n) is 6.44. The molecule has 0 fully saturated rings. The van der Waals surface area contributed by atoms with E-state index in [0.29, 0.717) is 24.3 Å². The highest BCUT2D eigenvalue weighted by Gasteiger charge is 2.12. The third-order valence-electron chi connectivity index (χ3n) is 2.48. The summed E-state index contributed by atoms with van der Waals surface area (Å²) >= 11 is 0. The second-order valence-corrected chi connectivity index (χ2v) is 5.07. The number of ether oxygens (including phenoxy) is 1. The Kier molecular flexibility index (Phi) is 5.85. The number of anilines is 2. The molecule has 0 amide bonds. The van der Waals surface area contributed by atoms with E-state index in [1.165, 1.54) is 6.33 Å². The van der Waals surface area contributed by atoms with Crippen molar-refractivity contribution in [1.29, 1.82) is 0 Å². The molecule has 1 heterocycles. The van der Waals surface area contributed by atoms with Gasteiger partial charge in [0, 0.05) is 18.7 Å². The Hall–Kier alpha value is -1.36. The van der Waals surface area contributed by atoms with Crippen LogP contribution in [0.25, 0.3) is 0 Å². The minimum atomic E-state index is 0.297. The molecular formula is C13H24N4O. The van der Waals surface area contributed by atoms with Gasteiger partial charge in [0.25, 0.3) is 0 Å². The summed E-state index contributed by atoms with van der Waals surface area (Å²) in [5.41, 5.74) is 6.84. The summed E-state index contributed by atoms with van der Waals surface area (Å²) in [5.74, 6) is 2.22. The Labute approximate surface area is 109 Å². The van der Waals surface area contributed by atoms with Gasteiger partial charge in [-0.2, -0.15) is 0 Å². The summed E-state index contributed by atoms with van der Waals surface area (Å²) < 4.78 is 5.51. The van der Waals surface area contributed by atoms with Gasteiger partial charge in [-0.05, 0) is 11.8 Å². The second kappa shape index (κ2) is 7.16. The van der Waals surface area contributed by atoms with E-state index < -0.39 is 0 Å². The Morgan fingerprint density at radius 2 is 2.00 bits per heavy atom. The molecule has 0 aliphatic heterocycles. The summed E-state index contributed by atoms with van der Waals surface area (Å²) in [6.07, 6.45) is 1.48. The lowest BCUT2D eigenvalue weighted by molar-refractivity contribution is 0.118. The largest absolute Gasteiger partial charge is 0.383 e. The van der Waals surface area contributed by atoms with E-state index in [-0.39, 0.29) is 0 Å². The predicted octanol–water partition coefficient (Wildman–Crippen LogP) is 2.27. The van der Waals surface area contributed by atoms with Crippen LogP contribution in [-0.4, -0.2) is 29.7 Å². The Morgan fingerprint density at radius 1 is 1.28 bits per heavy atom. The van der Waals surface area contributed by atoms with Crippen molar-refractivity contribution in [2.24, 2.45) is 5.92 Å². The van der Waals surface area contributed by atoms with E-state index in [2.05, 4.69) is 43.0 Å². The van der Waals surface area contributed by atoms with Crippen molar-refractivity contribution in [2.45, 2.75) is 33.6 Å². The lowest BCUT2D eigenvalue weighted by atomic mass is 10.0. The van der Waals surface area contributed by atoms with Gasteiger partial charge in [0.1, 0.15) is 18.0 Å². The molecule has 0 spiro atoms. The molecule has 0 aliphatic carbocycles. The minimum Gasteiger partial charge on any atom is -0.383 e. The quantitative estimate of drug-likeness (QED) is 0.728. The molecule has 5 nitrogen and oxygen atoms in total. The standard InChI is InChI=1S/C13H24N4O/c1-9(2)7-18-6-5-15-13-11(10(3)4)12(14)16-8-17-13/h8-10H,5-7H2,1-4H3,(H3,14,15,16,17). The molecule has 0 saturated carbocycles. The van der Waals surface area contributed by atoms with Crippen LogP contribution in [0.2, 0.25) is 0 Å². The molecule has 0 saturated heterocycles. The third kappa shape index (κ3) is 4.49. The van der Waals surface area contributed by atoms with Crippen molar-refractivity contribution >= 4 is 11.6 Å². The Bertz CT molecular complexity index is 366. The van der Waals surface area contributed by atoms with E-state index in [9.17, 15) is 0 Å². The van der Waals surface area contributed by atoms with Crippen LogP contribution in [0.3, 0.4) is 0 Å². The average Bonchev–Trinajstić information content (AvgIpc) is 2.27. The molecule has 102 valence electrons. The van der Waals surface area contributed by atoms with Crippen molar-refractivity contribution in [2.75, 3.05) is 30.8 Å². The lowest BCUT2D eigenvalue weighted by Gasteiger charge is -2.15. The fourth-order valence-corrected chi connectivity index (χ4v) is 1.68. The van der Waals surface area contributed by atoms with Crippen LogP contribution in [0.1, 0.15) is 39.2 Å². The van der Waals surface area contributed by atoms with Gasteiger partial charge in [0.2, 0.25) is 0 Å². The number of rotatable bonds is 7. The maximum absolute atomic E-state index is 5.87. The molecule has 0 radical (unpaired) electrons. The molecule has 1 aromatic rings. The van der Waals surface area contributed by atoms with Gasteiger partial charge in [0.05, 0.1) is 6.61 Å². The number of aromatic nitrogens is 2. The van der Waals surface area contributed by atoms with Crippen LogP contribution in [0.5, 0.6) is 0 Å². The van der Waals surface area contributed by atoms with Gasteiger partial charge in [-0.25, -0.2) is 9.97 Å². The molecule has 3 N–H and O–H groups in total. The van der Waals surface area contributed by atoms with Crippen molar-refractivity contribution in [3.8, 4) is 0 Å². The molecular weight excluding hydrogens is 228 g/mol. The van der Waals surface area contributed by atoms with E-state index in [1.54, 1.807) is 0 Å². The summed E-state index contributed by atoms with van der Waals surface area (Å²) in [4.78, 5) is 8.26. The van der Waals surface area contributed by atoms with Crippen LogP contribution in [0.4, 0.5) is 11.6 Å². The van der Waals surface area contributed by atoms with Gasteiger partial charge in [-0.15, -0.1) is 0 Å². The SMILES string of the molecule is CC(C)COCCNc1ncnc(N)c1C(C)C. The summed E-state index contributed by atoms with van der Waals surface area (Å²) in [6.45, 7) is 10.6. The predicted molar refractivity (Wildman–Crippen MR) is 74.7 cm³/mol. The van der Waals surface area contributed by atoms with Gasteiger partial charge >= 0.3 is 0 Å². The van der Waals surface area contributed by atoms with E-state index in [0.717, 1.165) is 24.5 Å². The lowest BCUT2D eigenvalue weighted by Crippen LogP contribution is -2.15. The molecule has 5 heteroatoms. The number of nitrogens with two attached hydrogens (primary N) is 1. The van der Waals surface area contributed by atoms with E-state index in [4.69, 9.17) is 10.5 Å². The molecule has 0 atom stereocenters. The number of nitrogens with one attached hydrogen (secondary N) is 1. The number of hydrogen-bond acceptors (Lipinski definition) is 5. The summed E-state index contributed by atoms with van der Waals surface area (Å²) in [5, 5.41) is 3.25. The minimum absolute atomic E-state index is 0.297. The van der Waals surface area contributed by atoms with Crippen LogP contribution in [0, 0.1) is 5.92 Å². The molecule has 0 unspecified atom stereocenters. The highest BCUT2D eigenvalue weighted by Crippen LogP contribution is 2.25. The molecule has 0 aliphatic rings. The van der Waals surface area contributed by atoms with Crippen LogP contribution >= 0.6 is 0 Å². The van der Waals surface area contributed by atoms with Gasteiger partial charge in [-0.3, -0.25) is 0 Å². The first-order chi connectivity index (χ1) is 8.52. The fraction of sp³-hybridized carbons (Fsp3) is 0.692. The zero-order valence-electron chi connectivity index (χ0n) is 11.7. The van der Waals surface area contributed by atoms with Gasteiger partial charge in [0.15, 0.2) is 0 Å². The van der Waals surface area contributed by atoms with Crippen molar-refractivity contribution in [3.63, 3.8) is 0 Å². The molecule has 18 heavy (non-hydrogen) atoms. The maximum atomic E-state index is 5.87. The maximum Gasteiger partial charge on any atom is 0.135 e. The van der Waals surface area contributed by atoms with Crippen molar-refractivity contribution in [1.82, 2.24) is 9.97 Å². The van der Waals surface area contributed by atoms with E-state index >= 15 is 0 Å². The van der Waals surface area contributed by atoms with Gasteiger partial charge < -0.3 is 15.8 Å². The zero-order valence-corrected chi connectivity index (χ0v) is 11.7. The highest BCUT2D eigenvalue weighted by atomic mass is 16.5. The topological polar surface area (TPSA) is 73.1 Å².